The van der Waals surface area contributed by atoms with E-state index >= 15 is 0 Å². The lowest BCUT2D eigenvalue weighted by Crippen LogP contribution is -2.20. The highest BCUT2D eigenvalue weighted by molar-refractivity contribution is 6.04. The Hall–Kier alpha value is -2.20. The molecule has 0 radical (unpaired) electrons. The molecule has 23 heavy (non-hydrogen) atoms. The van der Waals surface area contributed by atoms with Crippen LogP contribution >= 0.6 is 0 Å². The number of pyridine rings is 1. The molecule has 3 rings (SSSR count). The smallest absolute Gasteiger partial charge is 0.255 e. The second kappa shape index (κ2) is 7.88. The first-order valence-corrected chi connectivity index (χ1v) is 8.34. The Morgan fingerprint density at radius 3 is 2.43 bits per heavy atom. The van der Waals surface area contributed by atoms with E-state index in [4.69, 9.17) is 0 Å². The zero-order valence-electron chi connectivity index (χ0n) is 13.4. The van der Waals surface area contributed by atoms with Crippen molar-refractivity contribution in [2.24, 2.45) is 0 Å². The van der Waals surface area contributed by atoms with E-state index in [1.807, 2.05) is 12.1 Å². The summed E-state index contributed by atoms with van der Waals surface area (Å²) in [4.78, 5) is 18.5. The molecule has 1 amide bonds. The Labute approximate surface area is 137 Å². The third-order valence-corrected chi connectivity index (χ3v) is 4.29. The Kier molecular flexibility index (Phi) is 5.37. The highest BCUT2D eigenvalue weighted by Crippen LogP contribution is 2.14. The van der Waals surface area contributed by atoms with E-state index in [0.29, 0.717) is 5.56 Å². The predicted molar refractivity (Wildman–Crippen MR) is 92.6 cm³/mol. The van der Waals surface area contributed by atoms with Gasteiger partial charge in [0.1, 0.15) is 0 Å². The van der Waals surface area contributed by atoms with Crippen molar-refractivity contribution in [3.8, 4) is 0 Å². The molecule has 0 atom stereocenters. The number of amides is 1. The summed E-state index contributed by atoms with van der Waals surface area (Å²) < 4.78 is 0. The van der Waals surface area contributed by atoms with Gasteiger partial charge in [-0.1, -0.05) is 12.1 Å². The van der Waals surface area contributed by atoms with Gasteiger partial charge in [-0.3, -0.25) is 9.78 Å². The molecule has 1 fully saturated rings. The van der Waals surface area contributed by atoms with Crippen molar-refractivity contribution in [1.29, 1.82) is 0 Å². The van der Waals surface area contributed by atoms with Crippen molar-refractivity contribution < 1.29 is 4.79 Å². The third-order valence-electron chi connectivity index (χ3n) is 4.29. The molecule has 1 saturated heterocycles. The molecule has 2 aromatic rings. The van der Waals surface area contributed by atoms with Crippen LogP contribution in [0.4, 0.5) is 5.69 Å². The molecule has 1 aliphatic rings. The lowest BCUT2D eigenvalue weighted by molar-refractivity contribution is 0.102. The lowest BCUT2D eigenvalue weighted by Gasteiger charge is -2.14. The fourth-order valence-electron chi connectivity index (χ4n) is 2.97. The molecule has 4 nitrogen and oxygen atoms in total. The SMILES string of the molecule is O=C(Nc1ccc(CCCN2CCCC2)cc1)c1ccncc1. The summed E-state index contributed by atoms with van der Waals surface area (Å²) in [5, 5.41) is 2.91. The van der Waals surface area contributed by atoms with Crippen LogP contribution in [-0.4, -0.2) is 35.4 Å². The van der Waals surface area contributed by atoms with Gasteiger partial charge >= 0.3 is 0 Å². The molecule has 1 aliphatic heterocycles. The normalized spacial score (nSPS) is 14.8. The molecule has 0 spiro atoms. The number of benzene rings is 1. The molecular weight excluding hydrogens is 286 g/mol. The monoisotopic (exact) mass is 309 g/mol. The van der Waals surface area contributed by atoms with Gasteiger partial charge in [0.15, 0.2) is 0 Å². The van der Waals surface area contributed by atoms with Gasteiger partial charge in [0.2, 0.25) is 0 Å². The molecular formula is C19H23N3O. The number of anilines is 1. The molecule has 0 saturated carbocycles. The second-order valence-electron chi connectivity index (χ2n) is 6.04. The summed E-state index contributed by atoms with van der Waals surface area (Å²) in [6.07, 6.45) is 8.24. The van der Waals surface area contributed by atoms with Gasteiger partial charge in [-0.2, -0.15) is 0 Å². The van der Waals surface area contributed by atoms with Gasteiger partial charge in [-0.25, -0.2) is 0 Å². The van der Waals surface area contributed by atoms with Crippen LogP contribution in [0.15, 0.2) is 48.8 Å². The number of nitrogens with zero attached hydrogens (tertiary/aromatic N) is 2. The minimum absolute atomic E-state index is 0.103. The minimum atomic E-state index is -0.103. The average molecular weight is 309 g/mol. The van der Waals surface area contributed by atoms with E-state index in [-0.39, 0.29) is 5.91 Å². The maximum absolute atomic E-state index is 12.1. The fraction of sp³-hybridized carbons (Fsp3) is 0.368. The summed E-state index contributed by atoms with van der Waals surface area (Å²) in [5.41, 5.74) is 2.77. The molecule has 2 heterocycles. The number of aromatic nitrogens is 1. The summed E-state index contributed by atoms with van der Waals surface area (Å²) in [6.45, 7) is 3.72. The Bertz CT molecular complexity index is 619. The number of nitrogens with one attached hydrogen (secondary N) is 1. The first-order chi connectivity index (χ1) is 11.3. The van der Waals surface area contributed by atoms with Gasteiger partial charge in [-0.15, -0.1) is 0 Å². The highest BCUT2D eigenvalue weighted by Gasteiger charge is 2.10. The van der Waals surface area contributed by atoms with Crippen LogP contribution in [0.3, 0.4) is 0 Å². The van der Waals surface area contributed by atoms with Crippen molar-refractivity contribution in [3.63, 3.8) is 0 Å². The van der Waals surface area contributed by atoms with Gasteiger partial charge in [0.05, 0.1) is 0 Å². The van der Waals surface area contributed by atoms with Crippen molar-refractivity contribution in [2.75, 3.05) is 25.0 Å². The van der Waals surface area contributed by atoms with Crippen molar-refractivity contribution in [3.05, 3.63) is 59.9 Å². The minimum Gasteiger partial charge on any atom is -0.322 e. The third kappa shape index (κ3) is 4.63. The van der Waals surface area contributed by atoms with E-state index in [2.05, 4.69) is 27.3 Å². The van der Waals surface area contributed by atoms with Gasteiger partial charge in [-0.05, 0) is 75.1 Å². The zero-order chi connectivity index (χ0) is 15.9. The van der Waals surface area contributed by atoms with Gasteiger partial charge in [0.25, 0.3) is 5.91 Å². The number of hydrogen-bond acceptors (Lipinski definition) is 3. The van der Waals surface area contributed by atoms with E-state index in [1.165, 1.54) is 44.5 Å². The lowest BCUT2D eigenvalue weighted by atomic mass is 10.1. The molecule has 1 aromatic heterocycles. The highest BCUT2D eigenvalue weighted by atomic mass is 16.1. The average Bonchev–Trinajstić information content (AvgIpc) is 3.11. The number of aryl methyl sites for hydroxylation is 1. The molecule has 120 valence electrons. The first-order valence-electron chi connectivity index (χ1n) is 8.34. The first kappa shape index (κ1) is 15.7. The summed E-state index contributed by atoms with van der Waals surface area (Å²) in [7, 11) is 0. The number of carbonyl (C=O) groups excluding carboxylic acids is 1. The molecule has 0 bridgehead atoms. The maximum atomic E-state index is 12.1. The van der Waals surface area contributed by atoms with Crippen LogP contribution in [0.2, 0.25) is 0 Å². The fourth-order valence-corrected chi connectivity index (χ4v) is 2.97. The van der Waals surface area contributed by atoms with Crippen molar-refractivity contribution >= 4 is 11.6 Å². The standard InChI is InChI=1S/C19H23N3O/c23-19(17-9-11-20-12-10-17)21-18-7-5-16(6-8-18)4-3-15-22-13-1-2-14-22/h5-12H,1-4,13-15H2,(H,21,23). The molecule has 4 heteroatoms. The van der Waals surface area contributed by atoms with Crippen LogP contribution < -0.4 is 5.32 Å². The van der Waals surface area contributed by atoms with Crippen molar-refractivity contribution in [2.45, 2.75) is 25.7 Å². The Morgan fingerprint density at radius 1 is 1.04 bits per heavy atom. The summed E-state index contributed by atoms with van der Waals surface area (Å²) in [6, 6.07) is 11.6. The quantitative estimate of drug-likeness (QED) is 0.890. The number of hydrogen-bond donors (Lipinski definition) is 1. The van der Waals surface area contributed by atoms with Crippen LogP contribution in [0.1, 0.15) is 35.2 Å². The molecule has 1 N–H and O–H groups in total. The van der Waals surface area contributed by atoms with Crippen LogP contribution in [0.25, 0.3) is 0 Å². The van der Waals surface area contributed by atoms with E-state index in [1.54, 1.807) is 24.5 Å². The van der Waals surface area contributed by atoms with Crippen LogP contribution in [0, 0.1) is 0 Å². The topological polar surface area (TPSA) is 45.2 Å². The summed E-state index contributed by atoms with van der Waals surface area (Å²) >= 11 is 0. The number of rotatable bonds is 6. The maximum Gasteiger partial charge on any atom is 0.255 e. The Morgan fingerprint density at radius 2 is 1.74 bits per heavy atom. The number of likely N-dealkylation sites (tertiary alicyclic amines) is 1. The Balaban J connectivity index is 1.47. The molecule has 0 unspecified atom stereocenters. The second-order valence-corrected chi connectivity index (χ2v) is 6.04. The summed E-state index contributed by atoms with van der Waals surface area (Å²) in [5.74, 6) is -0.103. The van der Waals surface area contributed by atoms with E-state index in [0.717, 1.165) is 12.1 Å². The molecule has 1 aromatic carbocycles. The van der Waals surface area contributed by atoms with E-state index < -0.39 is 0 Å². The number of carbonyl (C=O) groups is 1. The van der Waals surface area contributed by atoms with Crippen molar-refractivity contribution in [1.82, 2.24) is 9.88 Å². The van der Waals surface area contributed by atoms with E-state index in [9.17, 15) is 4.79 Å². The van der Waals surface area contributed by atoms with Gasteiger partial charge < -0.3 is 10.2 Å². The largest absolute Gasteiger partial charge is 0.322 e. The molecule has 0 aliphatic carbocycles. The van der Waals surface area contributed by atoms with Crippen LogP contribution in [0.5, 0.6) is 0 Å². The predicted octanol–water partition coefficient (Wildman–Crippen LogP) is 3.36. The van der Waals surface area contributed by atoms with Gasteiger partial charge in [0, 0.05) is 23.6 Å². The zero-order valence-corrected chi connectivity index (χ0v) is 13.4. The van der Waals surface area contributed by atoms with Crippen LogP contribution in [-0.2, 0) is 6.42 Å².